The molecule has 3 nitrogen and oxygen atoms in total. The van der Waals surface area contributed by atoms with E-state index in [1.165, 1.54) is 0 Å². The zero-order valence-corrected chi connectivity index (χ0v) is 13.7. The summed E-state index contributed by atoms with van der Waals surface area (Å²) in [6.07, 6.45) is 1.81. The van der Waals surface area contributed by atoms with Gasteiger partial charge in [-0.05, 0) is 43.7 Å². The lowest BCUT2D eigenvalue weighted by molar-refractivity contribution is 0.234. The van der Waals surface area contributed by atoms with Gasteiger partial charge in [0.25, 0.3) is 0 Å². The van der Waals surface area contributed by atoms with Gasteiger partial charge in [0.15, 0.2) is 0 Å². The molecule has 2 aromatic rings. The summed E-state index contributed by atoms with van der Waals surface area (Å²) in [6.45, 7) is 4.63. The van der Waals surface area contributed by atoms with Crippen LogP contribution in [0.4, 0.5) is 5.69 Å². The molecular formula is C15H16BrClN2O. The second kappa shape index (κ2) is 6.95. The molecule has 0 aliphatic rings. The molecule has 0 amide bonds. The number of anilines is 1. The second-order valence-electron chi connectivity index (χ2n) is 4.61. The molecular weight excluding hydrogens is 340 g/mol. The quantitative estimate of drug-likeness (QED) is 0.828. The minimum atomic E-state index is 0.0905. The van der Waals surface area contributed by atoms with Crippen LogP contribution in [0.5, 0.6) is 5.88 Å². The van der Waals surface area contributed by atoms with E-state index in [-0.39, 0.29) is 6.10 Å². The van der Waals surface area contributed by atoms with Crippen LogP contribution in [-0.4, -0.2) is 11.1 Å². The van der Waals surface area contributed by atoms with Crippen molar-refractivity contribution in [3.05, 3.63) is 51.6 Å². The lowest BCUT2D eigenvalue weighted by atomic mass is 10.2. The van der Waals surface area contributed by atoms with Gasteiger partial charge in [0.1, 0.15) is 0 Å². The van der Waals surface area contributed by atoms with Gasteiger partial charge in [-0.1, -0.05) is 33.6 Å². The van der Waals surface area contributed by atoms with E-state index in [4.69, 9.17) is 16.3 Å². The molecule has 106 valence electrons. The van der Waals surface area contributed by atoms with E-state index >= 15 is 0 Å². The highest BCUT2D eigenvalue weighted by Gasteiger charge is 2.07. The van der Waals surface area contributed by atoms with E-state index in [0.717, 1.165) is 15.7 Å². The Bertz CT molecular complexity index is 590. The Morgan fingerprint density at radius 1 is 1.35 bits per heavy atom. The lowest BCUT2D eigenvalue weighted by Crippen LogP contribution is -2.10. The molecule has 0 bridgehead atoms. The summed E-state index contributed by atoms with van der Waals surface area (Å²) in [5, 5.41) is 4.05. The van der Waals surface area contributed by atoms with Crippen LogP contribution in [0.15, 0.2) is 41.0 Å². The zero-order chi connectivity index (χ0) is 14.5. The van der Waals surface area contributed by atoms with Crippen LogP contribution in [0.3, 0.4) is 0 Å². The number of nitrogens with zero attached hydrogens (tertiary/aromatic N) is 1. The molecule has 0 spiro atoms. The van der Waals surface area contributed by atoms with Gasteiger partial charge >= 0.3 is 0 Å². The highest BCUT2D eigenvalue weighted by atomic mass is 79.9. The Morgan fingerprint density at radius 3 is 2.85 bits per heavy atom. The molecule has 0 radical (unpaired) electrons. The van der Waals surface area contributed by atoms with Gasteiger partial charge in [0, 0.05) is 22.2 Å². The minimum Gasteiger partial charge on any atom is -0.473 e. The molecule has 0 atom stereocenters. The first kappa shape index (κ1) is 15.1. The zero-order valence-electron chi connectivity index (χ0n) is 11.4. The Morgan fingerprint density at radius 2 is 2.15 bits per heavy atom. The van der Waals surface area contributed by atoms with Crippen LogP contribution in [0.1, 0.15) is 19.4 Å². The number of rotatable bonds is 5. The molecule has 0 saturated carbocycles. The number of aromatic nitrogens is 1. The molecule has 0 fully saturated rings. The van der Waals surface area contributed by atoms with Crippen LogP contribution >= 0.6 is 27.5 Å². The number of benzene rings is 1. The third-order valence-corrected chi connectivity index (χ3v) is 3.58. The first-order valence-corrected chi connectivity index (χ1v) is 7.53. The van der Waals surface area contributed by atoms with Crippen LogP contribution in [0.2, 0.25) is 5.02 Å². The molecule has 0 aliphatic heterocycles. The monoisotopic (exact) mass is 354 g/mol. The van der Waals surface area contributed by atoms with E-state index < -0.39 is 0 Å². The van der Waals surface area contributed by atoms with Crippen LogP contribution < -0.4 is 10.1 Å². The normalized spacial score (nSPS) is 10.7. The average molecular weight is 356 g/mol. The molecule has 0 unspecified atom stereocenters. The lowest BCUT2D eigenvalue weighted by Gasteiger charge is -2.14. The number of hydrogen-bond acceptors (Lipinski definition) is 3. The van der Waals surface area contributed by atoms with Gasteiger partial charge < -0.3 is 10.1 Å². The van der Waals surface area contributed by atoms with Crippen molar-refractivity contribution in [2.24, 2.45) is 0 Å². The van der Waals surface area contributed by atoms with Gasteiger partial charge in [-0.25, -0.2) is 4.98 Å². The standard InChI is InChI=1S/C15H16BrClN2O/c1-10(2)20-15-14(4-3-7-18-15)19-9-11-5-6-12(17)8-13(11)16/h3-8,10,19H,9H2,1-2H3. The Labute approximate surface area is 132 Å². The first-order chi connectivity index (χ1) is 9.56. The predicted octanol–water partition coefficient (Wildman–Crippen LogP) is 4.90. The van der Waals surface area contributed by atoms with Crippen LogP contribution in [0, 0.1) is 0 Å². The SMILES string of the molecule is CC(C)Oc1ncccc1NCc1ccc(Cl)cc1Br. The molecule has 5 heteroatoms. The van der Waals surface area contributed by atoms with E-state index in [9.17, 15) is 0 Å². The van der Waals surface area contributed by atoms with Gasteiger partial charge in [-0.2, -0.15) is 0 Å². The smallest absolute Gasteiger partial charge is 0.237 e. The summed E-state index contributed by atoms with van der Waals surface area (Å²) in [6, 6.07) is 9.57. The van der Waals surface area contributed by atoms with Crippen molar-refractivity contribution in [2.45, 2.75) is 26.5 Å². The van der Waals surface area contributed by atoms with Gasteiger partial charge in [0.05, 0.1) is 11.8 Å². The molecule has 2 rings (SSSR count). The van der Waals surface area contributed by atoms with Gasteiger partial charge in [-0.15, -0.1) is 0 Å². The topological polar surface area (TPSA) is 34.1 Å². The number of nitrogens with one attached hydrogen (secondary N) is 1. The van der Waals surface area contributed by atoms with E-state index in [2.05, 4.69) is 26.2 Å². The molecule has 0 saturated heterocycles. The minimum absolute atomic E-state index is 0.0905. The van der Waals surface area contributed by atoms with Crippen molar-refractivity contribution in [3.8, 4) is 5.88 Å². The van der Waals surface area contributed by atoms with E-state index in [1.54, 1.807) is 6.20 Å². The first-order valence-electron chi connectivity index (χ1n) is 6.35. The summed E-state index contributed by atoms with van der Waals surface area (Å²) in [5.41, 5.74) is 2.00. The van der Waals surface area contributed by atoms with Crippen molar-refractivity contribution in [1.82, 2.24) is 4.98 Å². The number of halogens is 2. The Hall–Kier alpha value is -1.26. The number of hydrogen-bond donors (Lipinski definition) is 1. The third kappa shape index (κ3) is 4.12. The fourth-order valence-electron chi connectivity index (χ4n) is 1.70. The molecule has 0 aliphatic carbocycles. The Balaban J connectivity index is 2.10. The maximum atomic E-state index is 5.94. The third-order valence-electron chi connectivity index (χ3n) is 2.60. The number of ether oxygens (including phenoxy) is 1. The van der Waals surface area contributed by atoms with Crippen molar-refractivity contribution >= 4 is 33.2 Å². The molecule has 20 heavy (non-hydrogen) atoms. The molecule has 1 aromatic heterocycles. The summed E-state index contributed by atoms with van der Waals surface area (Å²) in [5.74, 6) is 0.618. The summed E-state index contributed by atoms with van der Waals surface area (Å²) < 4.78 is 6.66. The largest absolute Gasteiger partial charge is 0.473 e. The second-order valence-corrected chi connectivity index (χ2v) is 5.90. The van der Waals surface area contributed by atoms with Crippen molar-refractivity contribution in [2.75, 3.05) is 5.32 Å². The highest BCUT2D eigenvalue weighted by molar-refractivity contribution is 9.10. The number of pyridine rings is 1. The summed E-state index contributed by atoms with van der Waals surface area (Å²) in [4.78, 5) is 4.25. The predicted molar refractivity (Wildman–Crippen MR) is 86.5 cm³/mol. The highest BCUT2D eigenvalue weighted by Crippen LogP contribution is 2.25. The van der Waals surface area contributed by atoms with Gasteiger partial charge in [0.2, 0.25) is 5.88 Å². The van der Waals surface area contributed by atoms with E-state index in [0.29, 0.717) is 17.4 Å². The molecule has 1 N–H and O–H groups in total. The van der Waals surface area contributed by atoms with Crippen LogP contribution in [0.25, 0.3) is 0 Å². The fraction of sp³-hybridized carbons (Fsp3) is 0.267. The average Bonchev–Trinajstić information content (AvgIpc) is 2.39. The maximum absolute atomic E-state index is 5.94. The fourth-order valence-corrected chi connectivity index (χ4v) is 2.52. The molecule has 1 aromatic carbocycles. The Kier molecular flexibility index (Phi) is 5.26. The van der Waals surface area contributed by atoms with Crippen molar-refractivity contribution < 1.29 is 4.74 Å². The summed E-state index contributed by atoms with van der Waals surface area (Å²) >= 11 is 9.44. The van der Waals surface area contributed by atoms with Crippen molar-refractivity contribution in [1.29, 1.82) is 0 Å². The van der Waals surface area contributed by atoms with Gasteiger partial charge in [-0.3, -0.25) is 0 Å². The van der Waals surface area contributed by atoms with Crippen molar-refractivity contribution in [3.63, 3.8) is 0 Å². The van der Waals surface area contributed by atoms with Crippen LogP contribution in [-0.2, 0) is 6.54 Å². The molecule has 1 heterocycles. The summed E-state index contributed by atoms with van der Waals surface area (Å²) in [7, 11) is 0. The van der Waals surface area contributed by atoms with E-state index in [1.807, 2.05) is 44.2 Å². The maximum Gasteiger partial charge on any atom is 0.237 e.